The minimum Gasteiger partial charge on any atom is -0.338 e. The smallest absolute Gasteiger partial charge is 0.225 e. The van der Waals surface area contributed by atoms with Crippen molar-refractivity contribution in [3.05, 3.63) is 41.6 Å². The zero-order chi connectivity index (χ0) is 16.4. The van der Waals surface area contributed by atoms with Crippen LogP contribution in [0.25, 0.3) is 6.08 Å². The van der Waals surface area contributed by atoms with Crippen molar-refractivity contribution in [2.75, 3.05) is 13.1 Å². The highest BCUT2D eigenvalue weighted by molar-refractivity contribution is 5.85. The average Bonchev–Trinajstić information content (AvgIpc) is 3.03. The van der Waals surface area contributed by atoms with Crippen molar-refractivity contribution in [3.63, 3.8) is 0 Å². The fourth-order valence-corrected chi connectivity index (χ4v) is 3.60. The number of amides is 2. The van der Waals surface area contributed by atoms with E-state index in [-0.39, 0.29) is 36.3 Å². The van der Waals surface area contributed by atoms with Gasteiger partial charge in [0.1, 0.15) is 0 Å². The van der Waals surface area contributed by atoms with Gasteiger partial charge in [-0.2, -0.15) is 0 Å². The van der Waals surface area contributed by atoms with Crippen molar-refractivity contribution in [2.45, 2.75) is 38.3 Å². The van der Waals surface area contributed by atoms with Gasteiger partial charge in [-0.3, -0.25) is 9.59 Å². The summed E-state index contributed by atoms with van der Waals surface area (Å²) < 4.78 is 0. The number of carbonyl (C=O) groups is 2. The molecule has 2 atom stereocenters. The second kappa shape index (κ2) is 7.81. The molecule has 1 aromatic carbocycles. The number of nitrogens with zero attached hydrogens (tertiary/aromatic N) is 2. The molecule has 1 fully saturated rings. The van der Waals surface area contributed by atoms with Crippen LogP contribution in [0.2, 0.25) is 0 Å². The minimum atomic E-state index is -0.236. The van der Waals surface area contributed by atoms with E-state index in [4.69, 9.17) is 5.73 Å². The SMILES string of the molecule is CC(=O)N1C=Cc2ccccc2C1CC(=O)N1CCCC1CN.Cl. The van der Waals surface area contributed by atoms with Crippen molar-refractivity contribution in [2.24, 2.45) is 5.73 Å². The van der Waals surface area contributed by atoms with Crippen molar-refractivity contribution < 1.29 is 9.59 Å². The van der Waals surface area contributed by atoms with E-state index in [2.05, 4.69) is 0 Å². The normalized spacial score (nSPS) is 22.1. The highest BCUT2D eigenvalue weighted by Crippen LogP contribution is 2.34. The number of hydrogen-bond donors (Lipinski definition) is 1. The van der Waals surface area contributed by atoms with E-state index < -0.39 is 0 Å². The molecule has 2 aliphatic rings. The average molecular weight is 350 g/mol. The van der Waals surface area contributed by atoms with Gasteiger partial charge in [0.2, 0.25) is 11.8 Å². The van der Waals surface area contributed by atoms with Crippen LogP contribution >= 0.6 is 12.4 Å². The van der Waals surface area contributed by atoms with E-state index in [0.29, 0.717) is 13.0 Å². The molecule has 2 amide bonds. The number of carbonyl (C=O) groups excluding carboxylic acids is 2. The molecule has 1 saturated heterocycles. The van der Waals surface area contributed by atoms with Crippen LogP contribution < -0.4 is 5.73 Å². The Morgan fingerprint density at radius 1 is 1.29 bits per heavy atom. The molecule has 130 valence electrons. The summed E-state index contributed by atoms with van der Waals surface area (Å²) in [5.41, 5.74) is 7.88. The standard InChI is InChI=1S/C18H23N3O2.ClH/c1-13(22)20-10-8-14-5-2-3-7-16(14)17(20)11-18(23)21-9-4-6-15(21)12-19;/h2-3,5,7-8,10,15,17H,4,6,9,11-12,19H2,1H3;1H. The summed E-state index contributed by atoms with van der Waals surface area (Å²) in [5, 5.41) is 0. The van der Waals surface area contributed by atoms with Crippen molar-refractivity contribution in [1.82, 2.24) is 9.80 Å². The molecule has 2 unspecified atom stereocenters. The first kappa shape index (κ1) is 18.5. The van der Waals surface area contributed by atoms with E-state index in [0.717, 1.165) is 30.5 Å². The fraction of sp³-hybridized carbons (Fsp3) is 0.444. The Bertz CT molecular complexity index is 647. The first-order valence-corrected chi connectivity index (χ1v) is 8.17. The molecule has 2 N–H and O–H groups in total. The topological polar surface area (TPSA) is 66.6 Å². The molecular weight excluding hydrogens is 326 g/mol. The van der Waals surface area contributed by atoms with E-state index in [1.54, 1.807) is 11.1 Å². The summed E-state index contributed by atoms with van der Waals surface area (Å²) in [7, 11) is 0. The Hall–Kier alpha value is -1.85. The third-order valence-electron chi connectivity index (χ3n) is 4.81. The van der Waals surface area contributed by atoms with Gasteiger partial charge in [0, 0.05) is 32.3 Å². The lowest BCUT2D eigenvalue weighted by molar-refractivity contribution is -0.135. The number of fused-ring (bicyclic) bond motifs is 1. The Morgan fingerprint density at radius 2 is 2.04 bits per heavy atom. The minimum absolute atomic E-state index is 0. The molecule has 0 radical (unpaired) electrons. The molecule has 0 aliphatic carbocycles. The second-order valence-corrected chi connectivity index (χ2v) is 6.21. The monoisotopic (exact) mass is 349 g/mol. The summed E-state index contributed by atoms with van der Waals surface area (Å²) in [4.78, 5) is 28.3. The highest BCUT2D eigenvalue weighted by Gasteiger charge is 2.33. The lowest BCUT2D eigenvalue weighted by Crippen LogP contribution is -2.42. The van der Waals surface area contributed by atoms with Gasteiger partial charge in [0.15, 0.2) is 0 Å². The summed E-state index contributed by atoms with van der Waals surface area (Å²) in [5.74, 6) is 0.0321. The molecular formula is C18H24ClN3O2. The molecule has 0 bridgehead atoms. The fourth-order valence-electron chi connectivity index (χ4n) is 3.60. The van der Waals surface area contributed by atoms with Crippen molar-refractivity contribution in [1.29, 1.82) is 0 Å². The summed E-state index contributed by atoms with van der Waals surface area (Å²) in [6.07, 6.45) is 5.99. The molecule has 0 spiro atoms. The lowest BCUT2D eigenvalue weighted by Gasteiger charge is -2.34. The summed E-state index contributed by atoms with van der Waals surface area (Å²) in [6.45, 7) is 2.81. The molecule has 6 heteroatoms. The van der Waals surface area contributed by atoms with Crippen molar-refractivity contribution in [3.8, 4) is 0 Å². The van der Waals surface area contributed by atoms with Gasteiger partial charge in [-0.1, -0.05) is 24.3 Å². The number of benzene rings is 1. The third kappa shape index (κ3) is 3.47. The molecule has 5 nitrogen and oxygen atoms in total. The van der Waals surface area contributed by atoms with Crippen LogP contribution in [-0.4, -0.2) is 40.7 Å². The first-order valence-electron chi connectivity index (χ1n) is 8.17. The molecule has 3 rings (SSSR count). The molecule has 2 aliphatic heterocycles. The van der Waals surface area contributed by atoms with Crippen LogP contribution in [0, 0.1) is 0 Å². The van der Waals surface area contributed by atoms with Gasteiger partial charge in [-0.05, 0) is 30.0 Å². The molecule has 2 heterocycles. The van der Waals surface area contributed by atoms with Crippen LogP contribution in [0.4, 0.5) is 0 Å². The van der Waals surface area contributed by atoms with Crippen LogP contribution in [0.5, 0.6) is 0 Å². The van der Waals surface area contributed by atoms with E-state index in [1.807, 2.05) is 35.2 Å². The van der Waals surface area contributed by atoms with Crippen LogP contribution in [0.3, 0.4) is 0 Å². The number of rotatable bonds is 3. The number of nitrogens with two attached hydrogens (primary N) is 1. The van der Waals surface area contributed by atoms with Crippen molar-refractivity contribution >= 4 is 30.3 Å². The predicted molar refractivity (Wildman–Crippen MR) is 96.4 cm³/mol. The summed E-state index contributed by atoms with van der Waals surface area (Å²) >= 11 is 0. The number of likely N-dealkylation sites (tertiary alicyclic amines) is 1. The Balaban J connectivity index is 0.00000208. The van der Waals surface area contributed by atoms with Gasteiger partial charge in [-0.15, -0.1) is 12.4 Å². The second-order valence-electron chi connectivity index (χ2n) is 6.21. The largest absolute Gasteiger partial charge is 0.338 e. The molecule has 24 heavy (non-hydrogen) atoms. The lowest BCUT2D eigenvalue weighted by atomic mass is 9.93. The maximum atomic E-state index is 12.8. The maximum Gasteiger partial charge on any atom is 0.225 e. The first-order chi connectivity index (χ1) is 11.1. The van der Waals surface area contributed by atoms with Gasteiger partial charge in [0.05, 0.1) is 12.5 Å². The molecule has 0 aromatic heterocycles. The van der Waals surface area contributed by atoms with Gasteiger partial charge in [0.25, 0.3) is 0 Å². The van der Waals surface area contributed by atoms with Crippen LogP contribution in [-0.2, 0) is 9.59 Å². The Morgan fingerprint density at radius 3 is 2.75 bits per heavy atom. The number of halogens is 1. The molecule has 0 saturated carbocycles. The number of hydrogen-bond acceptors (Lipinski definition) is 3. The maximum absolute atomic E-state index is 12.8. The Kier molecular flexibility index (Phi) is 6.02. The predicted octanol–water partition coefficient (Wildman–Crippen LogP) is 2.32. The van der Waals surface area contributed by atoms with Crippen LogP contribution in [0.15, 0.2) is 30.5 Å². The zero-order valence-corrected chi connectivity index (χ0v) is 14.7. The highest BCUT2D eigenvalue weighted by atomic mass is 35.5. The quantitative estimate of drug-likeness (QED) is 0.910. The van der Waals surface area contributed by atoms with Gasteiger partial charge >= 0.3 is 0 Å². The van der Waals surface area contributed by atoms with Gasteiger partial charge < -0.3 is 15.5 Å². The van der Waals surface area contributed by atoms with E-state index in [9.17, 15) is 9.59 Å². The molecule has 1 aromatic rings. The van der Waals surface area contributed by atoms with E-state index in [1.165, 1.54) is 6.92 Å². The zero-order valence-electron chi connectivity index (χ0n) is 13.9. The van der Waals surface area contributed by atoms with Crippen LogP contribution in [0.1, 0.15) is 43.4 Å². The third-order valence-corrected chi connectivity index (χ3v) is 4.81. The summed E-state index contributed by atoms with van der Waals surface area (Å²) in [6, 6.07) is 7.84. The van der Waals surface area contributed by atoms with E-state index >= 15 is 0 Å². The van der Waals surface area contributed by atoms with Gasteiger partial charge in [-0.25, -0.2) is 0 Å². The Labute approximate surface area is 148 Å².